The van der Waals surface area contributed by atoms with Crippen molar-refractivity contribution >= 4 is 23.2 Å². The second-order valence-corrected chi connectivity index (χ2v) is 6.04. The first kappa shape index (κ1) is 17.7. The summed E-state index contributed by atoms with van der Waals surface area (Å²) in [5.41, 5.74) is -0.643. The number of para-hydroxylation sites is 1. The Bertz CT molecular complexity index is 849. The Morgan fingerprint density at radius 2 is 1.62 bits per heavy atom. The molecule has 2 amide bonds. The number of methoxy groups -OCH3 is 2. The molecule has 0 spiro atoms. The first-order valence-electron chi connectivity index (χ1n) is 8.09. The molecule has 1 aliphatic carbocycles. The van der Waals surface area contributed by atoms with E-state index in [0.29, 0.717) is 30.0 Å². The van der Waals surface area contributed by atoms with Gasteiger partial charge in [0.1, 0.15) is 11.2 Å². The summed E-state index contributed by atoms with van der Waals surface area (Å²) >= 11 is 0. The number of benzene rings is 2. The number of rotatable bonds is 6. The Morgan fingerprint density at radius 3 is 2.23 bits per heavy atom. The molecule has 0 unspecified atom stereocenters. The average Bonchev–Trinajstić information content (AvgIpc) is 3.45. The van der Waals surface area contributed by atoms with Gasteiger partial charge in [-0.05, 0) is 37.1 Å². The van der Waals surface area contributed by atoms with E-state index >= 15 is 0 Å². The highest BCUT2D eigenvalue weighted by Crippen LogP contribution is 2.47. The molecule has 0 bridgehead atoms. The van der Waals surface area contributed by atoms with Gasteiger partial charge in [0.05, 0.1) is 19.9 Å². The number of amides is 2. The molecule has 1 fully saturated rings. The van der Waals surface area contributed by atoms with E-state index in [1.807, 2.05) is 0 Å². The fourth-order valence-electron chi connectivity index (χ4n) is 2.65. The summed E-state index contributed by atoms with van der Waals surface area (Å²) in [7, 11) is 3.01. The second-order valence-electron chi connectivity index (χ2n) is 6.04. The van der Waals surface area contributed by atoms with E-state index in [4.69, 9.17) is 9.47 Å². The Kier molecular flexibility index (Phi) is 4.79. The van der Waals surface area contributed by atoms with Crippen LogP contribution in [0.15, 0.2) is 42.5 Å². The number of carbonyl (C=O) groups excluding carboxylic acids is 2. The quantitative estimate of drug-likeness (QED) is 0.778. The van der Waals surface area contributed by atoms with Crippen LogP contribution >= 0.6 is 0 Å². The molecule has 1 saturated carbocycles. The number of halogens is 1. The zero-order valence-electron chi connectivity index (χ0n) is 14.5. The maximum Gasteiger partial charge on any atom is 0.240 e. The Labute approximate surface area is 150 Å². The zero-order valence-corrected chi connectivity index (χ0v) is 14.5. The molecule has 2 aromatic rings. The second kappa shape index (κ2) is 7.03. The van der Waals surface area contributed by atoms with Crippen LogP contribution in [-0.4, -0.2) is 26.0 Å². The van der Waals surface area contributed by atoms with Crippen LogP contribution in [0.4, 0.5) is 15.8 Å². The van der Waals surface area contributed by atoms with Gasteiger partial charge in [-0.15, -0.1) is 0 Å². The van der Waals surface area contributed by atoms with Crippen molar-refractivity contribution in [3.63, 3.8) is 0 Å². The van der Waals surface area contributed by atoms with Gasteiger partial charge in [0.15, 0.2) is 11.5 Å². The molecule has 136 valence electrons. The maximum atomic E-state index is 13.7. The van der Waals surface area contributed by atoms with E-state index in [9.17, 15) is 14.0 Å². The third kappa shape index (κ3) is 3.33. The Morgan fingerprint density at radius 1 is 0.962 bits per heavy atom. The smallest absolute Gasteiger partial charge is 0.240 e. The SMILES string of the molecule is COc1ccc(NC(=O)C2(C(=O)Nc3ccccc3F)CC2)cc1OC. The number of nitrogens with one attached hydrogen (secondary N) is 2. The van der Waals surface area contributed by atoms with Gasteiger partial charge in [-0.3, -0.25) is 9.59 Å². The van der Waals surface area contributed by atoms with Crippen LogP contribution in [0.3, 0.4) is 0 Å². The Hall–Kier alpha value is -3.09. The fourth-order valence-corrected chi connectivity index (χ4v) is 2.65. The zero-order chi connectivity index (χ0) is 18.7. The minimum Gasteiger partial charge on any atom is -0.493 e. The van der Waals surface area contributed by atoms with Crippen molar-refractivity contribution in [3.05, 3.63) is 48.3 Å². The van der Waals surface area contributed by atoms with Gasteiger partial charge in [-0.1, -0.05) is 12.1 Å². The standard InChI is InChI=1S/C19H19FN2O4/c1-25-15-8-7-12(11-16(15)26-2)21-17(23)19(9-10-19)18(24)22-14-6-4-3-5-13(14)20/h3-8,11H,9-10H2,1-2H3,(H,21,23)(H,22,24). The highest BCUT2D eigenvalue weighted by molar-refractivity contribution is 6.17. The maximum absolute atomic E-state index is 13.7. The molecular formula is C19H19FN2O4. The molecule has 0 atom stereocenters. The van der Waals surface area contributed by atoms with Gasteiger partial charge in [0, 0.05) is 11.8 Å². The van der Waals surface area contributed by atoms with E-state index in [1.165, 1.54) is 32.4 Å². The lowest BCUT2D eigenvalue weighted by Crippen LogP contribution is -2.35. The van der Waals surface area contributed by atoms with E-state index in [-0.39, 0.29) is 5.69 Å². The van der Waals surface area contributed by atoms with E-state index in [0.717, 1.165) is 0 Å². The summed E-state index contributed by atoms with van der Waals surface area (Å²) in [4.78, 5) is 25.2. The van der Waals surface area contributed by atoms with Crippen LogP contribution in [0.25, 0.3) is 0 Å². The number of carbonyl (C=O) groups is 2. The largest absolute Gasteiger partial charge is 0.493 e. The summed E-state index contributed by atoms with van der Waals surface area (Å²) in [6.45, 7) is 0. The van der Waals surface area contributed by atoms with E-state index in [2.05, 4.69) is 10.6 Å². The van der Waals surface area contributed by atoms with Crippen molar-refractivity contribution in [2.75, 3.05) is 24.9 Å². The van der Waals surface area contributed by atoms with Crippen molar-refractivity contribution in [2.45, 2.75) is 12.8 Å². The number of ether oxygens (including phenoxy) is 2. The summed E-state index contributed by atoms with van der Waals surface area (Å²) in [5.74, 6) is -0.494. The molecular weight excluding hydrogens is 339 g/mol. The van der Waals surface area contributed by atoms with Crippen LogP contribution in [0.2, 0.25) is 0 Å². The summed E-state index contributed by atoms with van der Waals surface area (Å²) in [5, 5.41) is 5.22. The highest BCUT2D eigenvalue weighted by Gasteiger charge is 2.56. The van der Waals surface area contributed by atoms with Crippen molar-refractivity contribution in [3.8, 4) is 11.5 Å². The highest BCUT2D eigenvalue weighted by atomic mass is 19.1. The number of anilines is 2. The topological polar surface area (TPSA) is 76.7 Å². The van der Waals surface area contributed by atoms with Crippen LogP contribution in [0.1, 0.15) is 12.8 Å². The predicted molar refractivity (Wildman–Crippen MR) is 94.9 cm³/mol. The predicted octanol–water partition coefficient (Wildman–Crippen LogP) is 3.20. The molecule has 0 aromatic heterocycles. The van der Waals surface area contributed by atoms with Crippen molar-refractivity contribution in [2.24, 2.45) is 5.41 Å². The van der Waals surface area contributed by atoms with Crippen LogP contribution < -0.4 is 20.1 Å². The Balaban J connectivity index is 1.73. The van der Waals surface area contributed by atoms with Crippen molar-refractivity contribution < 1.29 is 23.5 Å². The first-order valence-corrected chi connectivity index (χ1v) is 8.09. The average molecular weight is 358 g/mol. The van der Waals surface area contributed by atoms with Crippen LogP contribution in [0, 0.1) is 11.2 Å². The third-order valence-electron chi connectivity index (χ3n) is 4.38. The van der Waals surface area contributed by atoms with Gasteiger partial charge < -0.3 is 20.1 Å². The molecule has 1 aliphatic rings. The molecule has 0 saturated heterocycles. The monoisotopic (exact) mass is 358 g/mol. The van der Waals surface area contributed by atoms with Gasteiger partial charge in [0.2, 0.25) is 11.8 Å². The molecule has 0 heterocycles. The van der Waals surface area contributed by atoms with Gasteiger partial charge in [0.25, 0.3) is 0 Å². The summed E-state index contributed by atoms with van der Waals surface area (Å²) in [6.07, 6.45) is 0.818. The summed E-state index contributed by atoms with van der Waals surface area (Å²) in [6, 6.07) is 10.8. The van der Waals surface area contributed by atoms with Crippen LogP contribution in [0.5, 0.6) is 11.5 Å². The molecule has 0 aliphatic heterocycles. The minimum atomic E-state index is -1.19. The van der Waals surface area contributed by atoms with Crippen LogP contribution in [-0.2, 0) is 9.59 Å². The molecule has 7 heteroatoms. The molecule has 0 radical (unpaired) electrons. The fraction of sp³-hybridized carbons (Fsp3) is 0.263. The molecule has 3 rings (SSSR count). The first-order chi connectivity index (χ1) is 12.5. The van der Waals surface area contributed by atoms with Gasteiger partial charge >= 0.3 is 0 Å². The van der Waals surface area contributed by atoms with E-state index in [1.54, 1.807) is 24.3 Å². The minimum absolute atomic E-state index is 0.0580. The van der Waals surface area contributed by atoms with Gasteiger partial charge in [-0.25, -0.2) is 4.39 Å². The van der Waals surface area contributed by atoms with Gasteiger partial charge in [-0.2, -0.15) is 0 Å². The van der Waals surface area contributed by atoms with Crippen molar-refractivity contribution in [1.29, 1.82) is 0 Å². The lowest BCUT2D eigenvalue weighted by atomic mass is 10.0. The lowest BCUT2D eigenvalue weighted by molar-refractivity contribution is -0.131. The molecule has 2 aromatic carbocycles. The summed E-state index contributed by atoms with van der Waals surface area (Å²) < 4.78 is 24.1. The van der Waals surface area contributed by atoms with E-state index < -0.39 is 23.0 Å². The van der Waals surface area contributed by atoms with Crippen molar-refractivity contribution in [1.82, 2.24) is 0 Å². The lowest BCUT2D eigenvalue weighted by Gasteiger charge is -2.16. The number of hydrogen-bond donors (Lipinski definition) is 2. The molecule has 2 N–H and O–H groups in total. The molecule has 26 heavy (non-hydrogen) atoms. The number of hydrogen-bond acceptors (Lipinski definition) is 4. The molecule has 6 nitrogen and oxygen atoms in total. The third-order valence-corrected chi connectivity index (χ3v) is 4.38. The normalized spacial score (nSPS) is 14.3.